The van der Waals surface area contributed by atoms with Gasteiger partial charge in [0, 0.05) is 12.6 Å². The van der Waals surface area contributed by atoms with Crippen LogP contribution in [0.1, 0.15) is 52.4 Å². The minimum absolute atomic E-state index is 0.662. The van der Waals surface area contributed by atoms with Crippen LogP contribution >= 0.6 is 0 Å². The molecule has 1 heterocycles. The van der Waals surface area contributed by atoms with Crippen molar-refractivity contribution >= 4 is 0 Å². The van der Waals surface area contributed by atoms with Crippen LogP contribution in [0.25, 0.3) is 0 Å². The molecule has 2 atom stereocenters. The van der Waals surface area contributed by atoms with E-state index in [0.29, 0.717) is 6.04 Å². The van der Waals surface area contributed by atoms with Gasteiger partial charge in [-0.1, -0.05) is 19.8 Å². The molecule has 1 fully saturated rings. The van der Waals surface area contributed by atoms with Gasteiger partial charge in [0.15, 0.2) is 0 Å². The molecule has 0 aliphatic carbocycles. The zero-order valence-electron chi connectivity index (χ0n) is 10.7. The number of hydrogen-bond donors (Lipinski definition) is 1. The van der Waals surface area contributed by atoms with Gasteiger partial charge in [-0.25, -0.2) is 0 Å². The molecule has 92 valence electrons. The number of rotatable bonds is 4. The van der Waals surface area contributed by atoms with Crippen molar-refractivity contribution in [2.24, 2.45) is 5.73 Å². The summed E-state index contributed by atoms with van der Waals surface area (Å²) < 4.78 is 0. The van der Waals surface area contributed by atoms with Gasteiger partial charge in [0.05, 0.1) is 6.07 Å². The highest BCUT2D eigenvalue weighted by Crippen LogP contribution is 2.20. The Balaban J connectivity index is 2.46. The average Bonchev–Trinajstić information content (AvgIpc) is 2.51. The highest BCUT2D eigenvalue weighted by molar-refractivity contribution is 5.01. The monoisotopic (exact) mass is 223 g/mol. The van der Waals surface area contributed by atoms with Crippen LogP contribution in [0, 0.1) is 11.3 Å². The molecule has 0 bridgehead atoms. The molecule has 1 saturated heterocycles. The molecule has 0 aromatic heterocycles. The van der Waals surface area contributed by atoms with Crippen molar-refractivity contribution in [2.75, 3.05) is 13.1 Å². The first-order valence-electron chi connectivity index (χ1n) is 6.53. The maximum Gasteiger partial charge on any atom is 0.102 e. The first-order valence-corrected chi connectivity index (χ1v) is 6.53. The van der Waals surface area contributed by atoms with E-state index in [1.807, 2.05) is 6.92 Å². The van der Waals surface area contributed by atoms with Crippen LogP contribution in [0.2, 0.25) is 0 Å². The molecule has 2 unspecified atom stereocenters. The SMILES string of the molecule is CCC1CCCCCN1CCC(C)(N)C#N. The lowest BCUT2D eigenvalue weighted by Crippen LogP contribution is -2.42. The first-order chi connectivity index (χ1) is 7.59. The molecule has 0 aromatic rings. The fraction of sp³-hybridized carbons (Fsp3) is 0.923. The van der Waals surface area contributed by atoms with Crippen LogP contribution in [-0.2, 0) is 0 Å². The fourth-order valence-electron chi connectivity index (χ4n) is 2.43. The number of hydrogen-bond acceptors (Lipinski definition) is 3. The van der Waals surface area contributed by atoms with Gasteiger partial charge in [-0.05, 0) is 39.2 Å². The van der Waals surface area contributed by atoms with E-state index >= 15 is 0 Å². The maximum absolute atomic E-state index is 8.91. The number of likely N-dealkylation sites (tertiary alicyclic amines) is 1. The standard InChI is InChI=1S/C13H25N3/c1-3-12-7-5-4-6-9-16(12)10-8-13(2,15)11-14/h12H,3-10,15H2,1-2H3. The van der Waals surface area contributed by atoms with Crippen molar-refractivity contribution in [3.63, 3.8) is 0 Å². The molecule has 1 aliphatic heterocycles. The Morgan fingerprint density at radius 3 is 2.81 bits per heavy atom. The molecule has 0 saturated carbocycles. The van der Waals surface area contributed by atoms with Crippen LogP contribution in [0.5, 0.6) is 0 Å². The quantitative estimate of drug-likeness (QED) is 0.795. The van der Waals surface area contributed by atoms with E-state index in [1.54, 1.807) is 0 Å². The smallest absolute Gasteiger partial charge is 0.102 e. The van der Waals surface area contributed by atoms with Crippen molar-refractivity contribution in [1.82, 2.24) is 4.90 Å². The summed E-state index contributed by atoms with van der Waals surface area (Å²) in [4.78, 5) is 2.54. The molecule has 0 amide bonds. The second-order valence-corrected chi connectivity index (χ2v) is 5.23. The van der Waals surface area contributed by atoms with Crippen LogP contribution in [0.3, 0.4) is 0 Å². The van der Waals surface area contributed by atoms with E-state index in [4.69, 9.17) is 11.0 Å². The number of nitriles is 1. The van der Waals surface area contributed by atoms with Crippen molar-refractivity contribution < 1.29 is 0 Å². The average molecular weight is 223 g/mol. The topological polar surface area (TPSA) is 53.0 Å². The molecular weight excluding hydrogens is 198 g/mol. The molecular formula is C13H25N3. The van der Waals surface area contributed by atoms with Gasteiger partial charge >= 0.3 is 0 Å². The van der Waals surface area contributed by atoms with Gasteiger partial charge < -0.3 is 10.6 Å². The summed E-state index contributed by atoms with van der Waals surface area (Å²) in [5.41, 5.74) is 5.21. The summed E-state index contributed by atoms with van der Waals surface area (Å²) in [5.74, 6) is 0. The molecule has 1 rings (SSSR count). The van der Waals surface area contributed by atoms with Gasteiger partial charge in [0.2, 0.25) is 0 Å². The predicted octanol–water partition coefficient (Wildman–Crippen LogP) is 2.27. The Kier molecular flexibility index (Phi) is 5.24. The van der Waals surface area contributed by atoms with Gasteiger partial charge in [-0.3, -0.25) is 0 Å². The van der Waals surface area contributed by atoms with Gasteiger partial charge in [-0.15, -0.1) is 0 Å². The van der Waals surface area contributed by atoms with E-state index in [2.05, 4.69) is 17.9 Å². The van der Waals surface area contributed by atoms with Crippen molar-refractivity contribution in [2.45, 2.75) is 64.0 Å². The van der Waals surface area contributed by atoms with Crippen LogP contribution in [0.15, 0.2) is 0 Å². The predicted molar refractivity (Wildman–Crippen MR) is 66.9 cm³/mol. The normalized spacial score (nSPS) is 26.8. The molecule has 1 aliphatic rings. The lowest BCUT2D eigenvalue weighted by Gasteiger charge is -2.30. The van der Waals surface area contributed by atoms with Crippen LogP contribution in [0.4, 0.5) is 0 Å². The minimum atomic E-state index is -0.662. The summed E-state index contributed by atoms with van der Waals surface area (Å²) in [7, 11) is 0. The Morgan fingerprint density at radius 1 is 1.44 bits per heavy atom. The third-order valence-electron chi connectivity index (χ3n) is 3.64. The third-order valence-corrected chi connectivity index (χ3v) is 3.64. The number of nitrogens with two attached hydrogens (primary N) is 1. The second-order valence-electron chi connectivity index (χ2n) is 5.23. The first kappa shape index (κ1) is 13.5. The number of nitrogens with zero attached hydrogens (tertiary/aromatic N) is 2. The van der Waals surface area contributed by atoms with E-state index in [1.165, 1.54) is 38.6 Å². The molecule has 0 radical (unpaired) electrons. The summed E-state index contributed by atoms with van der Waals surface area (Å²) in [5, 5.41) is 8.91. The third kappa shape index (κ3) is 4.11. The van der Waals surface area contributed by atoms with E-state index in [0.717, 1.165) is 13.0 Å². The summed E-state index contributed by atoms with van der Waals surface area (Å²) >= 11 is 0. The lowest BCUT2D eigenvalue weighted by molar-refractivity contribution is 0.184. The van der Waals surface area contributed by atoms with Gasteiger partial charge in [0.25, 0.3) is 0 Å². The molecule has 0 aromatic carbocycles. The van der Waals surface area contributed by atoms with Crippen LogP contribution < -0.4 is 5.73 Å². The summed E-state index contributed by atoms with van der Waals surface area (Å²) in [6.45, 7) is 6.24. The molecule has 3 nitrogen and oxygen atoms in total. The summed E-state index contributed by atoms with van der Waals surface area (Å²) in [6, 6.07) is 2.89. The van der Waals surface area contributed by atoms with E-state index < -0.39 is 5.54 Å². The lowest BCUT2D eigenvalue weighted by atomic mass is 10.00. The van der Waals surface area contributed by atoms with Gasteiger partial charge in [0.1, 0.15) is 5.54 Å². The second kappa shape index (κ2) is 6.22. The van der Waals surface area contributed by atoms with E-state index in [-0.39, 0.29) is 0 Å². The van der Waals surface area contributed by atoms with Crippen molar-refractivity contribution in [3.05, 3.63) is 0 Å². The molecule has 0 spiro atoms. The highest BCUT2D eigenvalue weighted by Gasteiger charge is 2.23. The van der Waals surface area contributed by atoms with Crippen molar-refractivity contribution in [1.29, 1.82) is 5.26 Å². The highest BCUT2D eigenvalue weighted by atomic mass is 15.2. The largest absolute Gasteiger partial charge is 0.314 e. The minimum Gasteiger partial charge on any atom is -0.314 e. The Hall–Kier alpha value is -0.590. The van der Waals surface area contributed by atoms with E-state index in [9.17, 15) is 0 Å². The molecule has 2 N–H and O–H groups in total. The van der Waals surface area contributed by atoms with Gasteiger partial charge in [-0.2, -0.15) is 5.26 Å². The summed E-state index contributed by atoms with van der Waals surface area (Å²) in [6.07, 6.45) is 7.31. The zero-order chi connectivity index (χ0) is 12.0. The molecule has 16 heavy (non-hydrogen) atoms. The fourth-order valence-corrected chi connectivity index (χ4v) is 2.43. The zero-order valence-corrected chi connectivity index (χ0v) is 10.7. The van der Waals surface area contributed by atoms with Crippen LogP contribution in [-0.4, -0.2) is 29.6 Å². The maximum atomic E-state index is 8.91. The van der Waals surface area contributed by atoms with Crippen molar-refractivity contribution in [3.8, 4) is 6.07 Å². The molecule has 3 heteroatoms. The Labute approximate surface area is 99.6 Å². The Bertz CT molecular complexity index is 242. The Morgan fingerprint density at radius 2 is 2.19 bits per heavy atom.